The van der Waals surface area contributed by atoms with Gasteiger partial charge in [0.2, 0.25) is 5.91 Å². The number of aryl methyl sites for hydroxylation is 1. The topological polar surface area (TPSA) is 79.0 Å². The van der Waals surface area contributed by atoms with Crippen LogP contribution < -0.4 is 15.0 Å². The summed E-state index contributed by atoms with van der Waals surface area (Å²) < 4.78 is 5.60. The molecule has 7 nitrogen and oxygen atoms in total. The first-order chi connectivity index (χ1) is 15.5. The van der Waals surface area contributed by atoms with Crippen molar-refractivity contribution in [2.24, 2.45) is 0 Å². The highest BCUT2D eigenvalue weighted by Crippen LogP contribution is 2.24. The van der Waals surface area contributed by atoms with Crippen LogP contribution in [-0.2, 0) is 9.59 Å². The maximum atomic E-state index is 12.6. The van der Waals surface area contributed by atoms with Crippen LogP contribution in [0.3, 0.4) is 0 Å². The van der Waals surface area contributed by atoms with E-state index in [1.54, 1.807) is 17.0 Å². The monoisotopic (exact) mass is 435 g/mol. The second-order valence-corrected chi connectivity index (χ2v) is 8.43. The zero-order chi connectivity index (χ0) is 22.5. The molecule has 2 aliphatic rings. The Bertz CT molecular complexity index is 964. The van der Waals surface area contributed by atoms with Crippen LogP contribution in [0.4, 0.5) is 5.69 Å². The largest absolute Gasteiger partial charge is 0.484 e. The van der Waals surface area contributed by atoms with Crippen LogP contribution in [0.2, 0.25) is 0 Å². The number of likely N-dealkylation sites (tertiary alicyclic amines) is 1. The van der Waals surface area contributed by atoms with Gasteiger partial charge in [-0.2, -0.15) is 0 Å². The van der Waals surface area contributed by atoms with Crippen LogP contribution in [0.1, 0.15) is 41.6 Å². The SMILES string of the molecule is Cc1ccc(C(=O)N2CCC(NC(=O)COc3ccc(N4CCCC4=O)cc3)CC2)cc1. The van der Waals surface area contributed by atoms with Crippen LogP contribution in [-0.4, -0.2) is 54.9 Å². The van der Waals surface area contributed by atoms with Gasteiger partial charge in [-0.25, -0.2) is 0 Å². The molecule has 2 heterocycles. The summed E-state index contributed by atoms with van der Waals surface area (Å²) in [6.07, 6.45) is 2.93. The summed E-state index contributed by atoms with van der Waals surface area (Å²) in [6, 6.07) is 14.9. The van der Waals surface area contributed by atoms with E-state index < -0.39 is 0 Å². The van der Waals surface area contributed by atoms with Crippen molar-refractivity contribution in [1.29, 1.82) is 0 Å². The minimum Gasteiger partial charge on any atom is -0.484 e. The number of nitrogens with zero attached hydrogens (tertiary/aromatic N) is 2. The van der Waals surface area contributed by atoms with E-state index in [-0.39, 0.29) is 30.4 Å². The molecule has 3 amide bonds. The summed E-state index contributed by atoms with van der Waals surface area (Å²) in [6.45, 7) is 3.92. The Morgan fingerprint density at radius 1 is 1.00 bits per heavy atom. The molecule has 4 rings (SSSR count). The number of carbonyl (C=O) groups excluding carboxylic acids is 3. The number of hydrogen-bond donors (Lipinski definition) is 1. The molecule has 0 unspecified atom stereocenters. The molecule has 2 aliphatic heterocycles. The standard InChI is InChI=1S/C25H29N3O4/c1-18-4-6-19(7-5-18)25(31)27-15-12-20(13-16-27)26-23(29)17-32-22-10-8-21(9-11-22)28-14-2-3-24(28)30/h4-11,20H,2-3,12-17H2,1H3,(H,26,29). The lowest BCUT2D eigenvalue weighted by molar-refractivity contribution is -0.124. The molecule has 7 heteroatoms. The number of anilines is 1. The van der Waals surface area contributed by atoms with E-state index in [1.807, 2.05) is 48.2 Å². The average molecular weight is 436 g/mol. The third-order valence-corrected chi connectivity index (χ3v) is 6.04. The summed E-state index contributed by atoms with van der Waals surface area (Å²) in [4.78, 5) is 40.4. The van der Waals surface area contributed by atoms with Gasteiger partial charge >= 0.3 is 0 Å². The van der Waals surface area contributed by atoms with Crippen LogP contribution >= 0.6 is 0 Å². The van der Waals surface area contributed by atoms with Gasteiger partial charge in [0.25, 0.3) is 11.8 Å². The number of benzene rings is 2. The normalized spacial score (nSPS) is 16.8. The predicted octanol–water partition coefficient (Wildman–Crippen LogP) is 2.92. The average Bonchev–Trinajstić information content (AvgIpc) is 3.24. The zero-order valence-electron chi connectivity index (χ0n) is 18.4. The molecule has 1 N–H and O–H groups in total. The van der Waals surface area contributed by atoms with Gasteiger partial charge in [0.05, 0.1) is 0 Å². The summed E-state index contributed by atoms with van der Waals surface area (Å²) in [5, 5.41) is 3.00. The lowest BCUT2D eigenvalue weighted by Crippen LogP contribution is -2.47. The first-order valence-corrected chi connectivity index (χ1v) is 11.2. The molecule has 2 saturated heterocycles. The van der Waals surface area contributed by atoms with Gasteiger partial charge in [0.1, 0.15) is 5.75 Å². The van der Waals surface area contributed by atoms with Crippen LogP contribution in [0.25, 0.3) is 0 Å². The van der Waals surface area contributed by atoms with Gasteiger partial charge < -0.3 is 19.9 Å². The Morgan fingerprint density at radius 2 is 1.69 bits per heavy atom. The quantitative estimate of drug-likeness (QED) is 0.757. The van der Waals surface area contributed by atoms with E-state index in [1.165, 1.54) is 0 Å². The molecule has 2 fully saturated rings. The maximum absolute atomic E-state index is 12.6. The fourth-order valence-corrected chi connectivity index (χ4v) is 4.17. The Morgan fingerprint density at radius 3 is 2.31 bits per heavy atom. The lowest BCUT2D eigenvalue weighted by atomic mass is 10.0. The molecule has 0 bridgehead atoms. The summed E-state index contributed by atoms with van der Waals surface area (Å²) in [7, 11) is 0. The van der Waals surface area contributed by atoms with Crippen molar-refractivity contribution in [2.45, 2.75) is 38.6 Å². The van der Waals surface area contributed by atoms with Crippen molar-refractivity contribution in [3.05, 3.63) is 59.7 Å². The summed E-state index contributed by atoms with van der Waals surface area (Å²) >= 11 is 0. The Hall–Kier alpha value is -3.35. The molecule has 2 aromatic rings. The van der Waals surface area contributed by atoms with Gasteiger partial charge in [-0.05, 0) is 62.6 Å². The van der Waals surface area contributed by atoms with E-state index in [2.05, 4.69) is 5.32 Å². The number of ether oxygens (including phenoxy) is 1. The predicted molar refractivity (Wildman–Crippen MR) is 122 cm³/mol. The maximum Gasteiger partial charge on any atom is 0.258 e. The fraction of sp³-hybridized carbons (Fsp3) is 0.400. The molecule has 2 aromatic carbocycles. The van der Waals surface area contributed by atoms with E-state index in [0.29, 0.717) is 30.8 Å². The molecule has 0 saturated carbocycles. The van der Waals surface area contributed by atoms with Crippen LogP contribution in [0, 0.1) is 6.92 Å². The number of hydrogen-bond acceptors (Lipinski definition) is 4. The third-order valence-electron chi connectivity index (χ3n) is 6.04. The number of carbonyl (C=O) groups is 3. The molecule has 0 radical (unpaired) electrons. The van der Waals surface area contributed by atoms with E-state index in [4.69, 9.17) is 4.74 Å². The summed E-state index contributed by atoms with van der Waals surface area (Å²) in [5.41, 5.74) is 2.69. The number of amides is 3. The molecule has 0 spiro atoms. The first-order valence-electron chi connectivity index (χ1n) is 11.2. The van der Waals surface area contributed by atoms with Gasteiger partial charge in [0.15, 0.2) is 6.61 Å². The number of nitrogens with one attached hydrogen (secondary N) is 1. The second kappa shape index (κ2) is 9.85. The molecule has 32 heavy (non-hydrogen) atoms. The highest BCUT2D eigenvalue weighted by molar-refractivity contribution is 5.95. The highest BCUT2D eigenvalue weighted by Gasteiger charge is 2.25. The van der Waals surface area contributed by atoms with E-state index in [9.17, 15) is 14.4 Å². The van der Waals surface area contributed by atoms with Gasteiger partial charge in [0, 0.05) is 43.3 Å². The first kappa shape index (κ1) is 21.9. The van der Waals surface area contributed by atoms with Gasteiger partial charge in [-0.15, -0.1) is 0 Å². The molecular weight excluding hydrogens is 406 g/mol. The van der Waals surface area contributed by atoms with Crippen molar-refractivity contribution in [3.63, 3.8) is 0 Å². The second-order valence-electron chi connectivity index (χ2n) is 8.43. The Balaban J connectivity index is 1.19. The van der Waals surface area contributed by atoms with Gasteiger partial charge in [-0.3, -0.25) is 14.4 Å². The Labute approximate surface area is 188 Å². The minimum atomic E-state index is -0.174. The van der Waals surface area contributed by atoms with Crippen molar-refractivity contribution in [3.8, 4) is 5.75 Å². The molecular formula is C25H29N3O4. The van der Waals surface area contributed by atoms with Crippen LogP contribution in [0.15, 0.2) is 48.5 Å². The molecule has 0 aromatic heterocycles. The Kier molecular flexibility index (Phi) is 6.73. The van der Waals surface area contributed by atoms with Crippen molar-refractivity contribution in [1.82, 2.24) is 10.2 Å². The highest BCUT2D eigenvalue weighted by atomic mass is 16.5. The third kappa shape index (κ3) is 5.28. The number of piperidine rings is 1. The number of rotatable bonds is 6. The van der Waals surface area contributed by atoms with Crippen LogP contribution in [0.5, 0.6) is 5.75 Å². The molecule has 0 aliphatic carbocycles. The minimum absolute atomic E-state index is 0.0386. The smallest absolute Gasteiger partial charge is 0.258 e. The lowest BCUT2D eigenvalue weighted by Gasteiger charge is -2.32. The molecule has 0 atom stereocenters. The van der Waals surface area contributed by atoms with Crippen molar-refractivity contribution >= 4 is 23.4 Å². The van der Waals surface area contributed by atoms with Crippen molar-refractivity contribution in [2.75, 3.05) is 31.1 Å². The summed E-state index contributed by atoms with van der Waals surface area (Å²) in [5.74, 6) is 0.600. The van der Waals surface area contributed by atoms with Crippen molar-refractivity contribution < 1.29 is 19.1 Å². The fourth-order valence-electron chi connectivity index (χ4n) is 4.17. The van der Waals surface area contributed by atoms with E-state index in [0.717, 1.165) is 37.1 Å². The van der Waals surface area contributed by atoms with E-state index >= 15 is 0 Å². The zero-order valence-corrected chi connectivity index (χ0v) is 18.4. The van der Waals surface area contributed by atoms with Gasteiger partial charge in [-0.1, -0.05) is 17.7 Å². The molecule has 168 valence electrons.